The lowest BCUT2D eigenvalue weighted by molar-refractivity contribution is -0.116. The molecule has 2 nitrogen and oxygen atoms in total. The average molecular weight is 313 g/mol. The molecule has 0 N–H and O–H groups in total. The second kappa shape index (κ2) is 4.90. The van der Waals surface area contributed by atoms with Crippen molar-refractivity contribution in [1.82, 2.24) is 4.90 Å². The SMILES string of the molecule is O=C1C=C(I)CN(Cc2ccccc2)C1. The zero-order valence-electron chi connectivity index (χ0n) is 8.32. The summed E-state index contributed by atoms with van der Waals surface area (Å²) in [6.45, 7) is 2.29. The van der Waals surface area contributed by atoms with Crippen molar-refractivity contribution in [2.75, 3.05) is 13.1 Å². The Kier molecular flexibility index (Phi) is 3.53. The van der Waals surface area contributed by atoms with Crippen molar-refractivity contribution in [3.63, 3.8) is 0 Å². The molecule has 1 heterocycles. The van der Waals surface area contributed by atoms with Crippen LogP contribution in [0.3, 0.4) is 0 Å². The van der Waals surface area contributed by atoms with E-state index in [4.69, 9.17) is 0 Å². The number of rotatable bonds is 2. The lowest BCUT2D eigenvalue weighted by Crippen LogP contribution is -2.33. The van der Waals surface area contributed by atoms with Crippen molar-refractivity contribution < 1.29 is 4.79 Å². The van der Waals surface area contributed by atoms with Gasteiger partial charge in [0, 0.05) is 16.7 Å². The maximum absolute atomic E-state index is 11.4. The number of halogens is 1. The summed E-state index contributed by atoms with van der Waals surface area (Å²) in [6, 6.07) is 10.3. The average Bonchev–Trinajstić information content (AvgIpc) is 2.17. The Morgan fingerprint density at radius 1 is 1.20 bits per heavy atom. The minimum atomic E-state index is 0.210. The highest BCUT2D eigenvalue weighted by Gasteiger charge is 2.16. The first-order valence-corrected chi connectivity index (χ1v) is 5.97. The lowest BCUT2D eigenvalue weighted by atomic mass is 10.2. The molecule has 0 saturated heterocycles. The van der Waals surface area contributed by atoms with E-state index in [1.807, 2.05) is 18.2 Å². The Hall–Kier alpha value is -0.680. The van der Waals surface area contributed by atoms with Crippen molar-refractivity contribution in [3.05, 3.63) is 45.6 Å². The number of carbonyl (C=O) groups is 1. The molecule has 1 aliphatic heterocycles. The summed E-state index contributed by atoms with van der Waals surface area (Å²) in [6.07, 6.45) is 1.74. The fourth-order valence-corrected chi connectivity index (χ4v) is 2.54. The zero-order chi connectivity index (χ0) is 10.7. The van der Waals surface area contributed by atoms with Gasteiger partial charge in [0.25, 0.3) is 0 Å². The summed E-state index contributed by atoms with van der Waals surface area (Å²) in [5, 5.41) is 0. The summed E-state index contributed by atoms with van der Waals surface area (Å²) in [7, 11) is 0. The Morgan fingerprint density at radius 3 is 2.60 bits per heavy atom. The van der Waals surface area contributed by atoms with Crippen LogP contribution in [0.15, 0.2) is 40.0 Å². The van der Waals surface area contributed by atoms with Crippen LogP contribution in [0, 0.1) is 0 Å². The monoisotopic (exact) mass is 313 g/mol. The van der Waals surface area contributed by atoms with E-state index >= 15 is 0 Å². The standard InChI is InChI=1S/C12H12INO/c13-11-6-12(15)9-14(8-11)7-10-4-2-1-3-5-10/h1-6H,7-9H2. The molecule has 0 fully saturated rings. The van der Waals surface area contributed by atoms with Gasteiger partial charge in [0.05, 0.1) is 6.54 Å². The van der Waals surface area contributed by atoms with Gasteiger partial charge in [0.15, 0.2) is 5.78 Å². The number of benzene rings is 1. The molecular weight excluding hydrogens is 301 g/mol. The van der Waals surface area contributed by atoms with Gasteiger partial charge < -0.3 is 0 Å². The minimum absolute atomic E-state index is 0.210. The molecular formula is C12H12INO. The molecule has 0 atom stereocenters. The third-order valence-electron chi connectivity index (χ3n) is 2.32. The summed E-state index contributed by atoms with van der Waals surface area (Å²) in [5.74, 6) is 0.210. The maximum atomic E-state index is 11.4. The van der Waals surface area contributed by atoms with Gasteiger partial charge in [-0.2, -0.15) is 0 Å². The van der Waals surface area contributed by atoms with Crippen LogP contribution in [-0.4, -0.2) is 23.8 Å². The predicted octanol–water partition coefficient (Wildman–Crippen LogP) is 2.39. The molecule has 3 heteroatoms. The van der Waals surface area contributed by atoms with Crippen LogP contribution >= 0.6 is 22.6 Å². The molecule has 0 spiro atoms. The second-order valence-electron chi connectivity index (χ2n) is 3.69. The highest BCUT2D eigenvalue weighted by molar-refractivity contribution is 14.1. The maximum Gasteiger partial charge on any atom is 0.170 e. The van der Waals surface area contributed by atoms with E-state index in [0.29, 0.717) is 6.54 Å². The highest BCUT2D eigenvalue weighted by atomic mass is 127. The van der Waals surface area contributed by atoms with Crippen LogP contribution in [0.2, 0.25) is 0 Å². The molecule has 0 unspecified atom stereocenters. The predicted molar refractivity (Wildman–Crippen MR) is 68.8 cm³/mol. The van der Waals surface area contributed by atoms with Crippen molar-refractivity contribution in [1.29, 1.82) is 0 Å². The Balaban J connectivity index is 2.02. The van der Waals surface area contributed by atoms with Gasteiger partial charge >= 0.3 is 0 Å². The number of nitrogens with zero attached hydrogens (tertiary/aromatic N) is 1. The van der Waals surface area contributed by atoms with Crippen molar-refractivity contribution >= 4 is 28.4 Å². The molecule has 15 heavy (non-hydrogen) atoms. The Morgan fingerprint density at radius 2 is 1.93 bits per heavy atom. The minimum Gasteiger partial charge on any atom is -0.293 e. The zero-order valence-corrected chi connectivity index (χ0v) is 10.5. The van der Waals surface area contributed by atoms with Crippen LogP contribution in [0.4, 0.5) is 0 Å². The number of ketones is 1. The van der Waals surface area contributed by atoms with E-state index in [9.17, 15) is 4.79 Å². The topological polar surface area (TPSA) is 20.3 Å². The molecule has 0 saturated carbocycles. The molecule has 1 aliphatic rings. The van der Waals surface area contributed by atoms with E-state index in [2.05, 4.69) is 39.6 Å². The quantitative estimate of drug-likeness (QED) is 0.782. The van der Waals surface area contributed by atoms with Gasteiger partial charge in [-0.1, -0.05) is 30.3 Å². The van der Waals surface area contributed by atoms with Gasteiger partial charge in [-0.3, -0.25) is 9.69 Å². The number of hydrogen-bond donors (Lipinski definition) is 0. The van der Waals surface area contributed by atoms with Crippen LogP contribution in [0.1, 0.15) is 5.56 Å². The molecule has 2 rings (SSSR count). The third-order valence-corrected chi connectivity index (χ3v) is 2.97. The van der Waals surface area contributed by atoms with Crippen molar-refractivity contribution in [2.24, 2.45) is 0 Å². The molecule has 0 bridgehead atoms. The van der Waals surface area contributed by atoms with E-state index in [1.165, 1.54) is 5.56 Å². The first-order chi connectivity index (χ1) is 7.24. The van der Waals surface area contributed by atoms with E-state index in [0.717, 1.165) is 16.7 Å². The van der Waals surface area contributed by atoms with Gasteiger partial charge in [-0.15, -0.1) is 0 Å². The van der Waals surface area contributed by atoms with Crippen LogP contribution in [0.25, 0.3) is 0 Å². The van der Waals surface area contributed by atoms with Crippen LogP contribution < -0.4 is 0 Å². The first-order valence-electron chi connectivity index (χ1n) is 4.89. The number of carbonyl (C=O) groups excluding carboxylic acids is 1. The molecule has 0 amide bonds. The highest BCUT2D eigenvalue weighted by Crippen LogP contribution is 2.15. The fraction of sp³-hybridized carbons (Fsp3) is 0.250. The smallest absolute Gasteiger partial charge is 0.170 e. The third kappa shape index (κ3) is 3.14. The lowest BCUT2D eigenvalue weighted by Gasteiger charge is -2.24. The molecule has 0 radical (unpaired) electrons. The van der Waals surface area contributed by atoms with Crippen molar-refractivity contribution in [2.45, 2.75) is 6.54 Å². The van der Waals surface area contributed by atoms with Crippen molar-refractivity contribution in [3.8, 4) is 0 Å². The summed E-state index contributed by atoms with van der Waals surface area (Å²) in [4.78, 5) is 13.5. The summed E-state index contributed by atoms with van der Waals surface area (Å²) in [5.41, 5.74) is 1.26. The van der Waals surface area contributed by atoms with E-state index in [1.54, 1.807) is 6.08 Å². The fourth-order valence-electron chi connectivity index (χ4n) is 1.71. The first kappa shape index (κ1) is 10.8. The number of hydrogen-bond acceptors (Lipinski definition) is 2. The second-order valence-corrected chi connectivity index (χ2v) is 5.07. The van der Waals surface area contributed by atoms with E-state index < -0.39 is 0 Å². The van der Waals surface area contributed by atoms with Gasteiger partial charge in [-0.25, -0.2) is 0 Å². The molecule has 0 aliphatic carbocycles. The summed E-state index contributed by atoms with van der Waals surface area (Å²) < 4.78 is 1.12. The largest absolute Gasteiger partial charge is 0.293 e. The molecule has 0 aromatic heterocycles. The van der Waals surface area contributed by atoms with Crippen LogP contribution in [-0.2, 0) is 11.3 Å². The van der Waals surface area contributed by atoms with Gasteiger partial charge in [0.2, 0.25) is 0 Å². The van der Waals surface area contributed by atoms with Gasteiger partial charge in [0.1, 0.15) is 0 Å². The molecule has 1 aromatic carbocycles. The van der Waals surface area contributed by atoms with Crippen LogP contribution in [0.5, 0.6) is 0 Å². The van der Waals surface area contributed by atoms with E-state index in [-0.39, 0.29) is 5.78 Å². The summed E-state index contributed by atoms with van der Waals surface area (Å²) >= 11 is 2.23. The normalized spacial score (nSPS) is 17.7. The Labute approximate surface area is 103 Å². The van der Waals surface area contributed by atoms with Gasteiger partial charge in [-0.05, 0) is 34.2 Å². The molecule has 78 valence electrons. The molecule has 1 aromatic rings. The Bertz CT molecular complexity index is 386.